The highest BCUT2D eigenvalue weighted by atomic mass is 32.1. The minimum Gasteiger partial charge on any atom is -0.375 e. The number of anilines is 1. The van der Waals surface area contributed by atoms with E-state index in [1.54, 1.807) is 6.07 Å². The molecule has 0 atom stereocenters. The van der Waals surface area contributed by atoms with E-state index in [2.05, 4.69) is 4.98 Å². The molecule has 0 aliphatic carbocycles. The average molecular weight is 272 g/mol. The number of nitrogens with two attached hydrogens (primary N) is 1. The average Bonchev–Trinajstić information content (AvgIpc) is 2.56. The third-order valence-electron chi connectivity index (χ3n) is 2.54. The standard InChI is InChI=1S/C12H11F3N2S/c1-7-10(17-11(16)18-7)6-8-3-2-4-9(5-8)12(13,14)15/h2-5H,6H2,1H3,(H2,16,17). The van der Waals surface area contributed by atoms with Gasteiger partial charge in [-0.25, -0.2) is 4.98 Å². The summed E-state index contributed by atoms with van der Waals surface area (Å²) in [6.07, 6.45) is -3.95. The molecule has 2 aromatic rings. The molecule has 0 aliphatic rings. The normalized spacial score (nSPS) is 11.8. The van der Waals surface area contributed by atoms with Crippen molar-refractivity contribution in [3.8, 4) is 0 Å². The Morgan fingerprint density at radius 1 is 1.33 bits per heavy atom. The number of nitrogens with zero attached hydrogens (tertiary/aromatic N) is 1. The number of benzene rings is 1. The lowest BCUT2D eigenvalue weighted by Gasteiger charge is -2.08. The SMILES string of the molecule is Cc1sc(N)nc1Cc1cccc(C(F)(F)F)c1. The molecule has 0 spiro atoms. The van der Waals surface area contributed by atoms with Gasteiger partial charge >= 0.3 is 6.18 Å². The maximum Gasteiger partial charge on any atom is 0.416 e. The van der Waals surface area contributed by atoms with Crippen LogP contribution in [-0.2, 0) is 12.6 Å². The summed E-state index contributed by atoms with van der Waals surface area (Å²) in [6.45, 7) is 1.86. The number of hydrogen-bond acceptors (Lipinski definition) is 3. The maximum atomic E-state index is 12.6. The topological polar surface area (TPSA) is 38.9 Å². The van der Waals surface area contributed by atoms with Crippen molar-refractivity contribution in [1.82, 2.24) is 4.98 Å². The molecule has 1 heterocycles. The van der Waals surface area contributed by atoms with Crippen molar-refractivity contribution in [2.24, 2.45) is 0 Å². The molecule has 0 aliphatic heterocycles. The van der Waals surface area contributed by atoms with Gasteiger partial charge in [0, 0.05) is 11.3 Å². The summed E-state index contributed by atoms with van der Waals surface area (Å²) < 4.78 is 37.7. The zero-order chi connectivity index (χ0) is 13.3. The highest BCUT2D eigenvalue weighted by Gasteiger charge is 2.30. The van der Waals surface area contributed by atoms with Gasteiger partial charge in [-0.3, -0.25) is 0 Å². The monoisotopic (exact) mass is 272 g/mol. The molecule has 18 heavy (non-hydrogen) atoms. The van der Waals surface area contributed by atoms with E-state index in [1.165, 1.54) is 17.4 Å². The van der Waals surface area contributed by atoms with E-state index in [9.17, 15) is 13.2 Å². The van der Waals surface area contributed by atoms with Crippen LogP contribution in [-0.4, -0.2) is 4.98 Å². The Bertz CT molecular complexity index is 561. The summed E-state index contributed by atoms with van der Waals surface area (Å²) in [5.74, 6) is 0. The summed E-state index contributed by atoms with van der Waals surface area (Å²) in [5, 5.41) is 0.439. The molecule has 0 unspecified atom stereocenters. The molecular formula is C12H11F3N2S. The van der Waals surface area contributed by atoms with Crippen LogP contribution in [0, 0.1) is 6.92 Å². The fourth-order valence-electron chi connectivity index (χ4n) is 1.67. The van der Waals surface area contributed by atoms with Crippen LogP contribution in [0.1, 0.15) is 21.7 Å². The summed E-state index contributed by atoms with van der Waals surface area (Å²) in [4.78, 5) is 5.05. The van der Waals surface area contributed by atoms with E-state index >= 15 is 0 Å². The number of aromatic nitrogens is 1. The first-order valence-corrected chi connectivity index (χ1v) is 6.06. The molecule has 0 bridgehead atoms. The summed E-state index contributed by atoms with van der Waals surface area (Å²) in [7, 11) is 0. The fraction of sp³-hybridized carbons (Fsp3) is 0.250. The quantitative estimate of drug-likeness (QED) is 0.906. The third kappa shape index (κ3) is 2.81. The Labute approximate surface area is 106 Å². The van der Waals surface area contributed by atoms with Crippen LogP contribution in [0.15, 0.2) is 24.3 Å². The van der Waals surface area contributed by atoms with Crippen LogP contribution in [0.3, 0.4) is 0 Å². The van der Waals surface area contributed by atoms with Gasteiger partial charge < -0.3 is 5.73 Å². The number of rotatable bonds is 2. The molecule has 6 heteroatoms. The van der Waals surface area contributed by atoms with Crippen LogP contribution >= 0.6 is 11.3 Å². The molecule has 0 saturated heterocycles. The van der Waals surface area contributed by atoms with Gasteiger partial charge in [-0.2, -0.15) is 13.2 Å². The summed E-state index contributed by atoms with van der Waals surface area (Å²) >= 11 is 1.34. The molecule has 2 nitrogen and oxygen atoms in total. The van der Waals surface area contributed by atoms with Crippen molar-refractivity contribution in [3.05, 3.63) is 46.0 Å². The molecule has 0 fully saturated rings. The number of nitrogen functional groups attached to an aromatic ring is 1. The first kappa shape index (κ1) is 12.9. The smallest absolute Gasteiger partial charge is 0.375 e. The van der Waals surface area contributed by atoms with Crippen LogP contribution < -0.4 is 5.73 Å². The van der Waals surface area contributed by atoms with Crippen molar-refractivity contribution < 1.29 is 13.2 Å². The lowest BCUT2D eigenvalue weighted by Crippen LogP contribution is -2.05. The van der Waals surface area contributed by atoms with Crippen molar-refractivity contribution in [2.75, 3.05) is 5.73 Å². The summed E-state index contributed by atoms with van der Waals surface area (Å²) in [5.41, 5.74) is 6.24. The number of hydrogen-bond donors (Lipinski definition) is 1. The first-order chi connectivity index (χ1) is 8.36. The third-order valence-corrected chi connectivity index (χ3v) is 3.38. The molecule has 2 rings (SSSR count). The van der Waals surface area contributed by atoms with Gasteiger partial charge in [0.15, 0.2) is 5.13 Å². The largest absolute Gasteiger partial charge is 0.416 e. The van der Waals surface area contributed by atoms with Crippen molar-refractivity contribution in [3.63, 3.8) is 0 Å². The van der Waals surface area contributed by atoms with Crippen LogP contribution in [0.4, 0.5) is 18.3 Å². The number of halogens is 3. The van der Waals surface area contributed by atoms with E-state index in [4.69, 9.17) is 5.73 Å². The van der Waals surface area contributed by atoms with Gasteiger partial charge in [-0.05, 0) is 18.6 Å². The minimum absolute atomic E-state index is 0.365. The highest BCUT2D eigenvalue weighted by molar-refractivity contribution is 7.15. The molecular weight excluding hydrogens is 261 g/mol. The van der Waals surface area contributed by atoms with Crippen LogP contribution in [0.25, 0.3) is 0 Å². The number of alkyl halides is 3. The highest BCUT2D eigenvalue weighted by Crippen LogP contribution is 2.30. The van der Waals surface area contributed by atoms with E-state index in [0.29, 0.717) is 17.1 Å². The fourth-order valence-corrected chi connectivity index (χ4v) is 2.37. The zero-order valence-electron chi connectivity index (χ0n) is 9.58. The van der Waals surface area contributed by atoms with Gasteiger partial charge in [-0.1, -0.05) is 18.2 Å². The molecule has 96 valence electrons. The Morgan fingerprint density at radius 2 is 2.06 bits per heavy atom. The maximum absolute atomic E-state index is 12.6. The molecule has 1 aromatic carbocycles. The predicted molar refractivity (Wildman–Crippen MR) is 65.5 cm³/mol. The number of aryl methyl sites for hydroxylation is 1. The van der Waals surface area contributed by atoms with Gasteiger partial charge in [0.1, 0.15) is 0 Å². The molecule has 2 N–H and O–H groups in total. The van der Waals surface area contributed by atoms with Crippen LogP contribution in [0.5, 0.6) is 0 Å². The van der Waals surface area contributed by atoms with Crippen molar-refractivity contribution in [2.45, 2.75) is 19.5 Å². The van der Waals surface area contributed by atoms with Crippen molar-refractivity contribution >= 4 is 16.5 Å². The van der Waals surface area contributed by atoms with E-state index in [0.717, 1.165) is 22.7 Å². The van der Waals surface area contributed by atoms with Crippen molar-refractivity contribution in [1.29, 1.82) is 0 Å². The van der Waals surface area contributed by atoms with Gasteiger partial charge in [0.2, 0.25) is 0 Å². The van der Waals surface area contributed by atoms with Gasteiger partial charge in [0.25, 0.3) is 0 Å². The van der Waals surface area contributed by atoms with E-state index < -0.39 is 11.7 Å². The second-order valence-electron chi connectivity index (χ2n) is 3.93. The van der Waals surface area contributed by atoms with Gasteiger partial charge in [-0.15, -0.1) is 11.3 Å². The Morgan fingerprint density at radius 3 is 2.61 bits per heavy atom. The predicted octanol–water partition coefficient (Wildman–Crippen LogP) is 3.64. The molecule has 0 radical (unpaired) electrons. The second kappa shape index (κ2) is 4.61. The second-order valence-corrected chi connectivity index (χ2v) is 5.16. The molecule has 0 amide bonds. The lowest BCUT2D eigenvalue weighted by molar-refractivity contribution is -0.137. The minimum atomic E-state index is -4.31. The lowest BCUT2D eigenvalue weighted by atomic mass is 10.1. The Hall–Kier alpha value is -1.56. The summed E-state index contributed by atoms with van der Waals surface area (Å²) in [6, 6.07) is 5.27. The van der Waals surface area contributed by atoms with Gasteiger partial charge in [0.05, 0.1) is 11.3 Å². The molecule has 0 saturated carbocycles. The molecule has 1 aromatic heterocycles. The zero-order valence-corrected chi connectivity index (χ0v) is 10.4. The van der Waals surface area contributed by atoms with Crippen LogP contribution in [0.2, 0.25) is 0 Å². The number of thiazole rings is 1. The Balaban J connectivity index is 2.27. The van der Waals surface area contributed by atoms with E-state index in [1.807, 2.05) is 6.92 Å². The Kier molecular flexibility index (Phi) is 3.30. The first-order valence-electron chi connectivity index (χ1n) is 5.24. The van der Waals surface area contributed by atoms with E-state index in [-0.39, 0.29) is 0 Å².